The van der Waals surface area contributed by atoms with E-state index in [1.54, 1.807) is 24.3 Å². The molecule has 0 amide bonds. The van der Waals surface area contributed by atoms with Gasteiger partial charge in [-0.1, -0.05) is 36.4 Å². The van der Waals surface area contributed by atoms with Gasteiger partial charge in [-0.3, -0.25) is 10.1 Å². The fraction of sp³-hybridized carbons (Fsp3) is 0.250. The zero-order chi connectivity index (χ0) is 15.2. The lowest BCUT2D eigenvalue weighted by Crippen LogP contribution is -2.06. The highest BCUT2D eigenvalue weighted by atomic mass is 16.6. The number of nitro benzene ring substituents is 1. The van der Waals surface area contributed by atoms with Crippen molar-refractivity contribution in [3.63, 3.8) is 0 Å². The number of nitro groups is 1. The molecular formula is C16H17NO4. The summed E-state index contributed by atoms with van der Waals surface area (Å²) < 4.78 is 5.71. The van der Waals surface area contributed by atoms with Gasteiger partial charge in [-0.2, -0.15) is 0 Å². The summed E-state index contributed by atoms with van der Waals surface area (Å²) in [7, 11) is 0. The Morgan fingerprint density at radius 2 is 1.86 bits per heavy atom. The van der Waals surface area contributed by atoms with Gasteiger partial charge in [0.15, 0.2) is 0 Å². The van der Waals surface area contributed by atoms with Crippen LogP contribution in [0.15, 0.2) is 42.5 Å². The quantitative estimate of drug-likeness (QED) is 0.654. The predicted octanol–water partition coefficient (Wildman–Crippen LogP) is 3.02. The first-order valence-corrected chi connectivity index (χ1v) is 6.68. The minimum absolute atomic E-state index is 0.0947. The number of hydrogen-bond acceptors (Lipinski definition) is 4. The van der Waals surface area contributed by atoms with Crippen molar-refractivity contribution in [1.82, 2.24) is 0 Å². The average Bonchev–Trinajstić information content (AvgIpc) is 2.49. The van der Waals surface area contributed by atoms with Crippen LogP contribution in [0.1, 0.15) is 16.7 Å². The number of aliphatic hydroxyl groups is 1. The fourth-order valence-electron chi connectivity index (χ4n) is 2.21. The van der Waals surface area contributed by atoms with Crippen LogP contribution in [0.4, 0.5) is 5.69 Å². The molecule has 0 saturated carbocycles. The van der Waals surface area contributed by atoms with Crippen LogP contribution in [0.3, 0.4) is 0 Å². The van der Waals surface area contributed by atoms with Gasteiger partial charge >= 0.3 is 0 Å². The third-order valence-electron chi connectivity index (χ3n) is 3.27. The monoisotopic (exact) mass is 287 g/mol. The summed E-state index contributed by atoms with van der Waals surface area (Å²) >= 11 is 0. The van der Waals surface area contributed by atoms with Crippen LogP contribution < -0.4 is 4.74 Å². The van der Waals surface area contributed by atoms with Crippen LogP contribution in [0.5, 0.6) is 5.75 Å². The predicted molar refractivity (Wildman–Crippen MR) is 79.4 cm³/mol. The van der Waals surface area contributed by atoms with Crippen LogP contribution in [0, 0.1) is 17.0 Å². The van der Waals surface area contributed by atoms with Crippen molar-refractivity contribution in [3.8, 4) is 5.75 Å². The first kappa shape index (κ1) is 15.0. The number of benzene rings is 2. The molecule has 0 aliphatic carbocycles. The second-order valence-corrected chi connectivity index (χ2v) is 4.71. The van der Waals surface area contributed by atoms with Gasteiger partial charge in [0.2, 0.25) is 0 Å². The number of nitrogens with zero attached hydrogens (tertiary/aromatic N) is 1. The first-order chi connectivity index (χ1) is 10.1. The van der Waals surface area contributed by atoms with Crippen molar-refractivity contribution in [1.29, 1.82) is 0 Å². The molecule has 5 heteroatoms. The van der Waals surface area contributed by atoms with Crippen LogP contribution in [0.2, 0.25) is 0 Å². The summed E-state index contributed by atoms with van der Waals surface area (Å²) in [6.45, 7) is 2.13. The Kier molecular flexibility index (Phi) is 4.90. The van der Waals surface area contributed by atoms with E-state index in [1.807, 2.05) is 19.1 Å². The van der Waals surface area contributed by atoms with Crippen LogP contribution >= 0.6 is 0 Å². The molecule has 0 radical (unpaired) electrons. The van der Waals surface area contributed by atoms with E-state index < -0.39 is 0 Å². The lowest BCUT2D eigenvalue weighted by atomic mass is 10.1. The van der Waals surface area contributed by atoms with E-state index in [9.17, 15) is 15.2 Å². The summed E-state index contributed by atoms with van der Waals surface area (Å²) in [5.74, 6) is 0.651. The Bertz CT molecular complexity index is 640. The highest BCUT2D eigenvalue weighted by Gasteiger charge is 2.12. The summed E-state index contributed by atoms with van der Waals surface area (Å²) in [6, 6.07) is 12.2. The molecule has 0 heterocycles. The normalized spacial score (nSPS) is 10.4. The maximum absolute atomic E-state index is 10.9. The number of para-hydroxylation sites is 2. The molecule has 110 valence electrons. The molecule has 0 aliphatic heterocycles. The summed E-state index contributed by atoms with van der Waals surface area (Å²) in [6.07, 6.45) is 0.441. The third-order valence-corrected chi connectivity index (χ3v) is 3.27. The SMILES string of the molecule is Cc1cccc(CO)c1OCCc1ccccc1[N+](=O)[O-]. The molecule has 0 spiro atoms. The topological polar surface area (TPSA) is 72.6 Å². The summed E-state index contributed by atoms with van der Waals surface area (Å²) in [4.78, 5) is 10.6. The van der Waals surface area contributed by atoms with Crippen LogP contribution in [0.25, 0.3) is 0 Å². The van der Waals surface area contributed by atoms with Gasteiger partial charge in [-0.05, 0) is 12.5 Å². The van der Waals surface area contributed by atoms with Gasteiger partial charge in [-0.15, -0.1) is 0 Å². The second-order valence-electron chi connectivity index (χ2n) is 4.71. The fourth-order valence-corrected chi connectivity index (χ4v) is 2.21. The van der Waals surface area contributed by atoms with Gasteiger partial charge in [0, 0.05) is 23.6 Å². The van der Waals surface area contributed by atoms with Gasteiger partial charge in [0.05, 0.1) is 18.1 Å². The number of aryl methyl sites for hydroxylation is 1. The van der Waals surface area contributed by atoms with Gasteiger partial charge in [-0.25, -0.2) is 0 Å². The average molecular weight is 287 g/mol. The minimum atomic E-state index is -0.387. The molecule has 0 bridgehead atoms. The van der Waals surface area contributed by atoms with E-state index in [1.165, 1.54) is 6.07 Å². The third kappa shape index (κ3) is 3.58. The number of hydrogen-bond donors (Lipinski definition) is 1. The maximum Gasteiger partial charge on any atom is 0.272 e. The van der Waals surface area contributed by atoms with E-state index in [0.717, 1.165) is 11.1 Å². The molecule has 0 aromatic heterocycles. The smallest absolute Gasteiger partial charge is 0.272 e. The standard InChI is InChI=1S/C16H17NO4/c1-12-5-4-7-14(11-18)16(12)21-10-9-13-6-2-3-8-15(13)17(19)20/h2-8,18H,9-11H2,1H3. The van der Waals surface area contributed by atoms with Crippen molar-refractivity contribution in [2.24, 2.45) is 0 Å². The maximum atomic E-state index is 10.9. The van der Waals surface area contributed by atoms with Crippen molar-refractivity contribution in [2.45, 2.75) is 20.0 Å². The molecule has 5 nitrogen and oxygen atoms in total. The molecule has 0 atom stereocenters. The van der Waals surface area contributed by atoms with Crippen molar-refractivity contribution in [3.05, 3.63) is 69.3 Å². The highest BCUT2D eigenvalue weighted by Crippen LogP contribution is 2.24. The molecule has 0 fully saturated rings. The second kappa shape index (κ2) is 6.85. The zero-order valence-electron chi connectivity index (χ0n) is 11.8. The van der Waals surface area contributed by atoms with Crippen molar-refractivity contribution in [2.75, 3.05) is 6.61 Å². The summed E-state index contributed by atoms with van der Waals surface area (Å²) in [5.41, 5.74) is 2.40. The summed E-state index contributed by atoms with van der Waals surface area (Å²) in [5, 5.41) is 20.2. The Labute approximate surface area is 123 Å². The molecule has 0 unspecified atom stereocenters. The van der Waals surface area contributed by atoms with Crippen LogP contribution in [-0.4, -0.2) is 16.6 Å². The Morgan fingerprint density at radius 3 is 2.57 bits per heavy atom. The lowest BCUT2D eigenvalue weighted by Gasteiger charge is -2.12. The van der Waals surface area contributed by atoms with E-state index in [0.29, 0.717) is 24.3 Å². The van der Waals surface area contributed by atoms with Crippen molar-refractivity contribution < 1.29 is 14.8 Å². The van der Waals surface area contributed by atoms with Crippen molar-refractivity contribution >= 4 is 5.69 Å². The van der Waals surface area contributed by atoms with E-state index >= 15 is 0 Å². The Morgan fingerprint density at radius 1 is 1.14 bits per heavy atom. The highest BCUT2D eigenvalue weighted by molar-refractivity contribution is 5.41. The Hall–Kier alpha value is -2.40. The van der Waals surface area contributed by atoms with Crippen LogP contribution in [-0.2, 0) is 13.0 Å². The van der Waals surface area contributed by atoms with Gasteiger partial charge in [0.25, 0.3) is 5.69 Å². The van der Waals surface area contributed by atoms with E-state index in [-0.39, 0.29) is 17.2 Å². The number of rotatable bonds is 6. The number of ether oxygens (including phenoxy) is 1. The van der Waals surface area contributed by atoms with Gasteiger partial charge < -0.3 is 9.84 Å². The molecule has 2 aromatic rings. The van der Waals surface area contributed by atoms with E-state index in [4.69, 9.17) is 4.74 Å². The Balaban J connectivity index is 2.07. The first-order valence-electron chi connectivity index (χ1n) is 6.68. The number of aliphatic hydroxyl groups excluding tert-OH is 1. The molecule has 21 heavy (non-hydrogen) atoms. The molecular weight excluding hydrogens is 270 g/mol. The largest absolute Gasteiger partial charge is 0.493 e. The molecule has 2 rings (SSSR count). The lowest BCUT2D eigenvalue weighted by molar-refractivity contribution is -0.385. The molecule has 0 aliphatic rings. The molecule has 1 N–H and O–H groups in total. The molecule has 2 aromatic carbocycles. The minimum Gasteiger partial charge on any atom is -0.493 e. The van der Waals surface area contributed by atoms with Gasteiger partial charge in [0.1, 0.15) is 5.75 Å². The zero-order valence-corrected chi connectivity index (χ0v) is 11.8. The molecule has 0 saturated heterocycles. The van der Waals surface area contributed by atoms with E-state index in [2.05, 4.69) is 0 Å².